The highest BCUT2D eigenvalue weighted by Gasteiger charge is 2.27. The first-order valence-corrected chi connectivity index (χ1v) is 16.4. The third-order valence-corrected chi connectivity index (χ3v) is 9.37. The first-order chi connectivity index (χ1) is 20.6. The summed E-state index contributed by atoms with van der Waals surface area (Å²) in [7, 11) is -2.80. The Morgan fingerprint density at radius 3 is 2.26 bits per heavy atom. The standard InChI is InChI=1S/C33H33FN2O5S2/c1-23-9-7-8-12-28(23)30-21-24(13-18-29(30)32(37)35-31(19-20-42-3)33(38)41-2)22-36(26-10-5-4-6-11-26)43(39,40)27-16-14-25(34)15-17-27/h4-18,21,31H,19-20,22H2,1-3H3,(H,35,37)/t31-/m0/s1. The molecule has 10 heteroatoms. The second-order valence-corrected chi connectivity index (χ2v) is 12.7. The van der Waals surface area contributed by atoms with Gasteiger partial charge in [0.25, 0.3) is 15.9 Å². The number of carbonyl (C=O) groups is 2. The lowest BCUT2D eigenvalue weighted by Gasteiger charge is -2.25. The van der Waals surface area contributed by atoms with E-state index in [0.717, 1.165) is 23.3 Å². The second kappa shape index (κ2) is 14.3. The number of hydrogen-bond acceptors (Lipinski definition) is 6. The number of aryl methyl sites for hydroxylation is 1. The number of esters is 1. The maximum absolute atomic E-state index is 13.8. The maximum Gasteiger partial charge on any atom is 0.328 e. The van der Waals surface area contributed by atoms with Gasteiger partial charge in [-0.15, -0.1) is 0 Å². The number of amides is 1. The van der Waals surface area contributed by atoms with Gasteiger partial charge in [-0.2, -0.15) is 11.8 Å². The molecule has 0 saturated carbocycles. The van der Waals surface area contributed by atoms with E-state index in [9.17, 15) is 22.4 Å². The lowest BCUT2D eigenvalue weighted by molar-refractivity contribution is -0.142. The summed E-state index contributed by atoms with van der Waals surface area (Å²) in [6.45, 7) is 1.87. The van der Waals surface area contributed by atoms with Crippen molar-refractivity contribution in [2.24, 2.45) is 0 Å². The number of para-hydroxylation sites is 1. The van der Waals surface area contributed by atoms with Gasteiger partial charge >= 0.3 is 5.97 Å². The van der Waals surface area contributed by atoms with E-state index < -0.39 is 33.8 Å². The highest BCUT2D eigenvalue weighted by Crippen LogP contribution is 2.31. The van der Waals surface area contributed by atoms with Gasteiger partial charge in [-0.3, -0.25) is 9.10 Å². The van der Waals surface area contributed by atoms with Crippen molar-refractivity contribution in [1.29, 1.82) is 0 Å². The zero-order chi connectivity index (χ0) is 31.0. The van der Waals surface area contributed by atoms with E-state index in [-0.39, 0.29) is 11.4 Å². The Balaban J connectivity index is 1.78. The average Bonchev–Trinajstić information content (AvgIpc) is 3.02. The van der Waals surface area contributed by atoms with Crippen molar-refractivity contribution in [1.82, 2.24) is 5.32 Å². The summed E-state index contributed by atoms with van der Waals surface area (Å²) in [6, 6.07) is 25.2. The van der Waals surface area contributed by atoms with Crippen LogP contribution in [0.25, 0.3) is 11.1 Å². The van der Waals surface area contributed by atoms with Crippen molar-refractivity contribution in [2.45, 2.75) is 30.8 Å². The molecule has 0 aliphatic carbocycles. The normalized spacial score (nSPS) is 11.9. The number of ether oxygens (including phenoxy) is 1. The van der Waals surface area contributed by atoms with Crippen molar-refractivity contribution in [3.05, 3.63) is 120 Å². The summed E-state index contributed by atoms with van der Waals surface area (Å²) >= 11 is 1.56. The molecule has 1 amide bonds. The molecule has 0 aromatic heterocycles. The van der Waals surface area contributed by atoms with Gasteiger partial charge in [-0.25, -0.2) is 17.6 Å². The van der Waals surface area contributed by atoms with Crippen LogP contribution < -0.4 is 9.62 Å². The number of benzene rings is 4. The van der Waals surface area contributed by atoms with Crippen LogP contribution in [0, 0.1) is 12.7 Å². The topological polar surface area (TPSA) is 92.8 Å². The summed E-state index contributed by atoms with van der Waals surface area (Å²) in [5, 5.41) is 2.82. The predicted molar refractivity (Wildman–Crippen MR) is 169 cm³/mol. The molecular weight excluding hydrogens is 588 g/mol. The van der Waals surface area contributed by atoms with Crippen LogP contribution in [0.4, 0.5) is 10.1 Å². The first-order valence-electron chi connectivity index (χ1n) is 13.6. The molecule has 0 radical (unpaired) electrons. The van der Waals surface area contributed by atoms with E-state index in [1.165, 1.54) is 23.5 Å². The molecule has 1 N–H and O–H groups in total. The van der Waals surface area contributed by atoms with Gasteiger partial charge in [-0.1, -0.05) is 48.5 Å². The summed E-state index contributed by atoms with van der Waals surface area (Å²) in [5.41, 5.74) is 3.69. The van der Waals surface area contributed by atoms with Crippen LogP contribution in [0.1, 0.15) is 27.9 Å². The molecular formula is C33H33FN2O5S2. The summed E-state index contributed by atoms with van der Waals surface area (Å²) in [6.07, 6.45) is 2.32. The van der Waals surface area contributed by atoms with Gasteiger partial charge in [0.2, 0.25) is 0 Å². The molecule has 4 aromatic carbocycles. The molecule has 0 fully saturated rings. The van der Waals surface area contributed by atoms with Gasteiger partial charge in [0.1, 0.15) is 11.9 Å². The number of nitrogens with one attached hydrogen (secondary N) is 1. The molecule has 4 aromatic rings. The molecule has 0 unspecified atom stereocenters. The Labute approximate surface area is 256 Å². The van der Waals surface area contributed by atoms with E-state index in [1.807, 2.05) is 37.4 Å². The van der Waals surface area contributed by atoms with E-state index in [0.29, 0.717) is 34.6 Å². The smallest absolute Gasteiger partial charge is 0.328 e. The van der Waals surface area contributed by atoms with E-state index >= 15 is 0 Å². The molecule has 0 aliphatic rings. The largest absolute Gasteiger partial charge is 0.467 e. The number of hydrogen-bond donors (Lipinski definition) is 1. The van der Waals surface area contributed by atoms with Gasteiger partial charge in [-0.05, 0) is 96.1 Å². The lowest BCUT2D eigenvalue weighted by atomic mass is 9.93. The highest BCUT2D eigenvalue weighted by atomic mass is 32.2. The van der Waals surface area contributed by atoms with Crippen LogP contribution in [0.15, 0.2) is 102 Å². The zero-order valence-electron chi connectivity index (χ0n) is 24.1. The quantitative estimate of drug-likeness (QED) is 0.189. The SMILES string of the molecule is COC(=O)[C@H](CCSC)NC(=O)c1ccc(CN(c2ccccc2)S(=O)(=O)c2ccc(F)cc2)cc1-c1ccccc1C. The Bertz CT molecular complexity index is 1680. The number of anilines is 1. The highest BCUT2D eigenvalue weighted by molar-refractivity contribution is 7.98. The molecule has 224 valence electrons. The fourth-order valence-electron chi connectivity index (χ4n) is 4.66. The molecule has 1 atom stereocenters. The average molecular weight is 621 g/mol. The minimum absolute atomic E-state index is 0.0491. The van der Waals surface area contributed by atoms with E-state index in [2.05, 4.69) is 5.32 Å². The summed E-state index contributed by atoms with van der Waals surface area (Å²) < 4.78 is 47.4. The minimum atomic E-state index is -4.08. The molecule has 0 saturated heterocycles. The molecule has 0 aliphatic heterocycles. The lowest BCUT2D eigenvalue weighted by Crippen LogP contribution is -2.42. The monoisotopic (exact) mass is 620 g/mol. The van der Waals surface area contributed by atoms with Crippen LogP contribution in [0.5, 0.6) is 0 Å². The third-order valence-electron chi connectivity index (χ3n) is 6.94. The van der Waals surface area contributed by atoms with Crippen molar-refractivity contribution in [3.63, 3.8) is 0 Å². The summed E-state index contributed by atoms with van der Waals surface area (Å²) in [5.74, 6) is -0.854. The van der Waals surface area contributed by atoms with Gasteiger partial charge in [0.15, 0.2) is 0 Å². The number of thioether (sulfide) groups is 1. The zero-order valence-corrected chi connectivity index (χ0v) is 25.8. The molecule has 7 nitrogen and oxygen atoms in total. The third kappa shape index (κ3) is 7.63. The van der Waals surface area contributed by atoms with E-state index in [4.69, 9.17) is 4.74 Å². The maximum atomic E-state index is 13.8. The van der Waals surface area contributed by atoms with Gasteiger partial charge in [0, 0.05) is 5.56 Å². The predicted octanol–water partition coefficient (Wildman–Crippen LogP) is 6.22. The number of sulfonamides is 1. The van der Waals surface area contributed by atoms with Crippen molar-refractivity contribution in [3.8, 4) is 11.1 Å². The van der Waals surface area contributed by atoms with Crippen molar-refractivity contribution < 1.29 is 27.1 Å². The number of halogens is 1. The van der Waals surface area contributed by atoms with Gasteiger partial charge in [0.05, 0.1) is 24.2 Å². The minimum Gasteiger partial charge on any atom is -0.467 e. The van der Waals surface area contributed by atoms with Crippen LogP contribution in [-0.2, 0) is 26.1 Å². The summed E-state index contributed by atoms with van der Waals surface area (Å²) in [4.78, 5) is 26.0. The number of nitrogens with zero attached hydrogens (tertiary/aromatic N) is 1. The second-order valence-electron chi connectivity index (χ2n) is 9.83. The molecule has 4 rings (SSSR count). The molecule has 0 spiro atoms. The van der Waals surface area contributed by atoms with Crippen LogP contribution in [0.3, 0.4) is 0 Å². The molecule has 0 bridgehead atoms. The number of rotatable bonds is 12. The van der Waals surface area contributed by atoms with Crippen LogP contribution in [0.2, 0.25) is 0 Å². The van der Waals surface area contributed by atoms with Crippen molar-refractivity contribution >= 4 is 39.3 Å². The number of carbonyl (C=O) groups excluding carboxylic acids is 2. The van der Waals surface area contributed by atoms with Crippen LogP contribution in [-0.4, -0.2) is 45.5 Å². The molecule has 43 heavy (non-hydrogen) atoms. The Kier molecular flexibility index (Phi) is 10.6. The van der Waals surface area contributed by atoms with E-state index in [1.54, 1.807) is 60.3 Å². The Morgan fingerprint density at radius 2 is 1.60 bits per heavy atom. The van der Waals surface area contributed by atoms with Gasteiger partial charge < -0.3 is 10.1 Å². The molecule has 0 heterocycles. The Hall–Kier alpha value is -4.15. The number of methoxy groups -OCH3 is 1. The fraction of sp³-hybridized carbons (Fsp3) is 0.212. The van der Waals surface area contributed by atoms with Crippen LogP contribution >= 0.6 is 11.8 Å². The fourth-order valence-corrected chi connectivity index (χ4v) is 6.58. The van der Waals surface area contributed by atoms with Crippen molar-refractivity contribution in [2.75, 3.05) is 23.4 Å². The first kappa shape index (κ1) is 31.8. The Morgan fingerprint density at radius 1 is 0.930 bits per heavy atom.